The molecule has 2 aromatic rings. The number of carbonyl (C=O) groups excluding carboxylic acids is 2. The van der Waals surface area contributed by atoms with Crippen molar-refractivity contribution < 1.29 is 9.59 Å². The van der Waals surface area contributed by atoms with Gasteiger partial charge < -0.3 is 10.2 Å². The fraction of sp³-hybridized carbons (Fsp3) is 0.462. The fourth-order valence-electron chi connectivity index (χ4n) is 4.42. The van der Waals surface area contributed by atoms with Crippen LogP contribution in [-0.4, -0.2) is 28.8 Å². The number of hydrogen-bond acceptors (Lipinski definition) is 2. The second kappa shape index (κ2) is 11.7. The highest BCUT2D eigenvalue weighted by molar-refractivity contribution is 6.36. The summed E-state index contributed by atoms with van der Waals surface area (Å²) in [6.45, 7) is 4.33. The van der Waals surface area contributed by atoms with E-state index in [1.54, 1.807) is 23.1 Å². The molecule has 0 radical (unpaired) electrons. The van der Waals surface area contributed by atoms with Crippen molar-refractivity contribution in [2.45, 2.75) is 77.4 Å². The van der Waals surface area contributed by atoms with E-state index in [-0.39, 0.29) is 24.3 Å². The number of aryl methyl sites for hydroxylation is 1. The number of hydrogen-bond donors (Lipinski definition) is 1. The molecular weight excluding hydrogens is 443 g/mol. The maximum absolute atomic E-state index is 13.5. The van der Waals surface area contributed by atoms with Gasteiger partial charge in [0.2, 0.25) is 11.8 Å². The molecule has 1 atom stereocenters. The van der Waals surface area contributed by atoms with Crippen LogP contribution in [0.1, 0.15) is 62.1 Å². The molecule has 6 heteroatoms. The van der Waals surface area contributed by atoms with Gasteiger partial charge in [0.15, 0.2) is 0 Å². The molecule has 1 fully saturated rings. The second-order valence-corrected chi connectivity index (χ2v) is 9.47. The van der Waals surface area contributed by atoms with Crippen LogP contribution in [0.2, 0.25) is 10.0 Å². The molecule has 0 heterocycles. The normalized spacial score (nSPS) is 15.2. The highest BCUT2D eigenvalue weighted by Crippen LogP contribution is 2.26. The lowest BCUT2D eigenvalue weighted by Gasteiger charge is -2.33. The van der Waals surface area contributed by atoms with E-state index in [9.17, 15) is 9.59 Å². The van der Waals surface area contributed by atoms with Gasteiger partial charge in [0, 0.05) is 22.6 Å². The van der Waals surface area contributed by atoms with Crippen molar-refractivity contribution in [3.8, 4) is 0 Å². The lowest BCUT2D eigenvalue weighted by molar-refractivity contribution is -0.141. The largest absolute Gasteiger partial charge is 0.352 e. The smallest absolute Gasteiger partial charge is 0.243 e. The molecule has 0 aliphatic heterocycles. The van der Waals surface area contributed by atoms with Gasteiger partial charge in [-0.25, -0.2) is 0 Å². The Labute approximate surface area is 201 Å². The van der Waals surface area contributed by atoms with E-state index in [1.165, 1.54) is 6.42 Å². The van der Waals surface area contributed by atoms with Crippen molar-refractivity contribution in [1.29, 1.82) is 0 Å². The Morgan fingerprint density at radius 1 is 1.06 bits per heavy atom. The highest BCUT2D eigenvalue weighted by atomic mass is 35.5. The third-order valence-corrected chi connectivity index (χ3v) is 6.87. The maximum atomic E-state index is 13.5. The lowest BCUT2D eigenvalue weighted by Crippen LogP contribution is -2.52. The van der Waals surface area contributed by atoms with Crippen LogP contribution in [0.5, 0.6) is 0 Å². The standard InChI is InChI=1S/C26H32Cl2N2O2/c1-3-24(26(32)29-20-11-5-4-6-12-20)30(17-19-10-7-9-18(2)15-19)25(31)16-21-22(27)13-8-14-23(21)28/h7-10,13-15,20,24H,3-6,11-12,16-17H2,1-2H3,(H,29,32)/t24-/m1/s1. The first kappa shape index (κ1) is 24.6. The van der Waals surface area contributed by atoms with Crippen LogP contribution in [0.4, 0.5) is 0 Å². The molecule has 0 bridgehead atoms. The number of carbonyl (C=O) groups is 2. The minimum absolute atomic E-state index is 0.0531. The van der Waals surface area contributed by atoms with E-state index < -0.39 is 6.04 Å². The molecule has 2 amide bonds. The summed E-state index contributed by atoms with van der Waals surface area (Å²) in [6.07, 6.45) is 6.09. The molecule has 1 saturated carbocycles. The SMILES string of the molecule is CC[C@H](C(=O)NC1CCCCC1)N(Cc1cccc(C)c1)C(=O)Cc1c(Cl)cccc1Cl. The number of amides is 2. The average molecular weight is 475 g/mol. The van der Waals surface area contributed by atoms with Crippen LogP contribution in [0, 0.1) is 6.92 Å². The van der Waals surface area contributed by atoms with Gasteiger partial charge in [-0.05, 0) is 49.4 Å². The Morgan fingerprint density at radius 2 is 1.72 bits per heavy atom. The van der Waals surface area contributed by atoms with Gasteiger partial charge >= 0.3 is 0 Å². The zero-order valence-corrected chi connectivity index (χ0v) is 20.4. The van der Waals surface area contributed by atoms with E-state index in [1.807, 2.05) is 32.0 Å². The number of rotatable bonds is 8. The van der Waals surface area contributed by atoms with Crippen molar-refractivity contribution in [3.05, 3.63) is 69.2 Å². The van der Waals surface area contributed by atoms with Gasteiger partial charge in [-0.1, -0.05) is 85.3 Å². The maximum Gasteiger partial charge on any atom is 0.243 e. The van der Waals surface area contributed by atoms with Crippen LogP contribution in [0.15, 0.2) is 42.5 Å². The molecule has 2 aromatic carbocycles. The summed E-state index contributed by atoms with van der Waals surface area (Å²) in [6, 6.07) is 12.9. The van der Waals surface area contributed by atoms with E-state index in [0.717, 1.165) is 36.8 Å². The summed E-state index contributed by atoms with van der Waals surface area (Å²) in [5.74, 6) is -0.238. The first-order valence-electron chi connectivity index (χ1n) is 11.5. The van der Waals surface area contributed by atoms with Crippen molar-refractivity contribution in [2.75, 3.05) is 0 Å². The number of nitrogens with zero attached hydrogens (tertiary/aromatic N) is 1. The molecule has 0 unspecified atom stereocenters. The molecule has 172 valence electrons. The van der Waals surface area contributed by atoms with Crippen LogP contribution in [0.3, 0.4) is 0 Å². The van der Waals surface area contributed by atoms with E-state index in [0.29, 0.717) is 28.6 Å². The predicted molar refractivity (Wildman–Crippen MR) is 131 cm³/mol. The Bertz CT molecular complexity index is 921. The zero-order valence-electron chi connectivity index (χ0n) is 18.9. The average Bonchev–Trinajstić information content (AvgIpc) is 2.77. The molecular formula is C26H32Cl2N2O2. The first-order chi connectivity index (χ1) is 15.4. The van der Waals surface area contributed by atoms with E-state index in [2.05, 4.69) is 11.4 Å². The van der Waals surface area contributed by atoms with Crippen molar-refractivity contribution in [2.24, 2.45) is 0 Å². The number of benzene rings is 2. The van der Waals surface area contributed by atoms with Gasteiger partial charge in [-0.3, -0.25) is 9.59 Å². The van der Waals surface area contributed by atoms with Crippen LogP contribution in [0.25, 0.3) is 0 Å². The van der Waals surface area contributed by atoms with Gasteiger partial charge in [-0.2, -0.15) is 0 Å². The minimum atomic E-state index is -0.550. The molecule has 0 aromatic heterocycles. The monoisotopic (exact) mass is 474 g/mol. The van der Waals surface area contributed by atoms with Crippen molar-refractivity contribution in [1.82, 2.24) is 10.2 Å². The quantitative estimate of drug-likeness (QED) is 0.502. The van der Waals surface area contributed by atoms with Crippen LogP contribution < -0.4 is 5.32 Å². The summed E-state index contributed by atoms with van der Waals surface area (Å²) in [7, 11) is 0. The van der Waals surface area contributed by atoms with Crippen LogP contribution >= 0.6 is 23.2 Å². The second-order valence-electron chi connectivity index (χ2n) is 8.66. The third-order valence-electron chi connectivity index (χ3n) is 6.16. The molecule has 1 aliphatic carbocycles. The Kier molecular flexibility index (Phi) is 9.01. The Morgan fingerprint density at radius 3 is 2.34 bits per heavy atom. The van der Waals surface area contributed by atoms with Crippen molar-refractivity contribution >= 4 is 35.0 Å². The first-order valence-corrected chi connectivity index (χ1v) is 12.2. The molecule has 4 nitrogen and oxygen atoms in total. The Balaban J connectivity index is 1.85. The molecule has 3 rings (SSSR count). The lowest BCUT2D eigenvalue weighted by atomic mass is 9.95. The predicted octanol–water partition coefficient (Wildman–Crippen LogP) is 6.10. The summed E-state index contributed by atoms with van der Waals surface area (Å²) >= 11 is 12.7. The third kappa shape index (κ3) is 6.49. The number of halogens is 2. The van der Waals surface area contributed by atoms with E-state index in [4.69, 9.17) is 23.2 Å². The summed E-state index contributed by atoms with van der Waals surface area (Å²) in [4.78, 5) is 28.5. The summed E-state index contributed by atoms with van der Waals surface area (Å²) in [5.41, 5.74) is 2.70. The fourth-order valence-corrected chi connectivity index (χ4v) is 4.96. The van der Waals surface area contributed by atoms with E-state index >= 15 is 0 Å². The highest BCUT2D eigenvalue weighted by Gasteiger charge is 2.31. The molecule has 0 saturated heterocycles. The summed E-state index contributed by atoms with van der Waals surface area (Å²) in [5, 5.41) is 4.12. The van der Waals surface area contributed by atoms with Gasteiger partial charge in [0.25, 0.3) is 0 Å². The van der Waals surface area contributed by atoms with Crippen molar-refractivity contribution in [3.63, 3.8) is 0 Å². The zero-order chi connectivity index (χ0) is 23.1. The molecule has 1 N–H and O–H groups in total. The van der Waals surface area contributed by atoms with Gasteiger partial charge in [0.1, 0.15) is 6.04 Å². The number of nitrogens with one attached hydrogen (secondary N) is 1. The van der Waals surface area contributed by atoms with Gasteiger partial charge in [-0.15, -0.1) is 0 Å². The van der Waals surface area contributed by atoms with Crippen LogP contribution in [-0.2, 0) is 22.6 Å². The topological polar surface area (TPSA) is 49.4 Å². The minimum Gasteiger partial charge on any atom is -0.352 e. The molecule has 1 aliphatic rings. The van der Waals surface area contributed by atoms with Gasteiger partial charge in [0.05, 0.1) is 6.42 Å². The molecule has 32 heavy (non-hydrogen) atoms. The summed E-state index contributed by atoms with van der Waals surface area (Å²) < 4.78 is 0. The Hall–Kier alpha value is -2.04. The molecule has 0 spiro atoms.